The summed E-state index contributed by atoms with van der Waals surface area (Å²) in [6.07, 6.45) is 3.22. The van der Waals surface area contributed by atoms with Gasteiger partial charge in [0.05, 0.1) is 11.2 Å². The lowest BCUT2D eigenvalue weighted by Gasteiger charge is -2.39. The number of aliphatic hydroxyl groups is 1. The molecule has 1 saturated heterocycles. The number of piperidine rings is 1. The van der Waals surface area contributed by atoms with E-state index in [1.165, 1.54) is 29.5 Å². The number of aliphatic hydroxyl groups excluding tert-OH is 1. The Bertz CT molecular complexity index is 693. The van der Waals surface area contributed by atoms with Crippen LogP contribution in [0.2, 0.25) is 0 Å². The number of hydrogen-bond donors (Lipinski definition) is 1. The third-order valence-electron chi connectivity index (χ3n) is 5.42. The number of fused-ring (bicyclic) bond motifs is 1. The van der Waals surface area contributed by atoms with Crippen LogP contribution in [-0.2, 0) is 0 Å². The van der Waals surface area contributed by atoms with Gasteiger partial charge in [0.2, 0.25) is 0 Å². The van der Waals surface area contributed by atoms with E-state index in [4.69, 9.17) is 10.1 Å². The molecule has 0 spiro atoms. The smallest absolute Gasteiger partial charge is 0.0726 e. The maximum atomic E-state index is 9.02. The van der Waals surface area contributed by atoms with Gasteiger partial charge < -0.3 is 14.9 Å². The first-order valence-electron chi connectivity index (χ1n) is 9.03. The van der Waals surface area contributed by atoms with Gasteiger partial charge in [-0.15, -0.1) is 0 Å². The monoisotopic (exact) mass is 327 g/mol. The Kier molecular flexibility index (Phi) is 5.36. The second kappa shape index (κ2) is 7.49. The number of rotatable bonds is 5. The molecule has 24 heavy (non-hydrogen) atoms. The van der Waals surface area contributed by atoms with Gasteiger partial charge >= 0.3 is 0 Å². The first-order valence-corrected chi connectivity index (χ1v) is 9.03. The van der Waals surface area contributed by atoms with E-state index in [0.29, 0.717) is 6.04 Å². The fourth-order valence-electron chi connectivity index (χ4n) is 3.85. The Morgan fingerprint density at radius 1 is 1.21 bits per heavy atom. The number of para-hydroxylation sites is 1. The molecule has 0 saturated carbocycles. The van der Waals surface area contributed by atoms with Crippen molar-refractivity contribution in [3.05, 3.63) is 35.5 Å². The molecule has 130 valence electrons. The van der Waals surface area contributed by atoms with Gasteiger partial charge in [0, 0.05) is 43.4 Å². The fraction of sp³-hybridized carbons (Fsp3) is 0.550. The minimum atomic E-state index is 0.282. The third-order valence-corrected chi connectivity index (χ3v) is 5.42. The summed E-state index contributed by atoms with van der Waals surface area (Å²) < 4.78 is 0. The zero-order chi connectivity index (χ0) is 17.1. The van der Waals surface area contributed by atoms with Gasteiger partial charge in [-0.1, -0.05) is 18.2 Å². The van der Waals surface area contributed by atoms with E-state index in [9.17, 15) is 0 Å². The molecule has 0 unspecified atom stereocenters. The standard InChI is InChI=1S/C20H29N3O/c1-15-16(2)21-19-8-5-4-7-18(19)20(15)23-12-9-17(10-13-23)22(3)11-6-14-24/h4-5,7-8,17,24H,6,9-14H2,1-3H3. The first kappa shape index (κ1) is 17.2. The molecule has 2 aromatic rings. The lowest BCUT2D eigenvalue weighted by molar-refractivity contribution is 0.184. The Morgan fingerprint density at radius 3 is 2.62 bits per heavy atom. The van der Waals surface area contributed by atoms with Crippen LogP contribution in [0, 0.1) is 13.8 Å². The Labute approximate surface area is 145 Å². The molecule has 1 aliphatic heterocycles. The molecular formula is C20H29N3O. The predicted octanol–water partition coefficient (Wildman–Crippen LogP) is 3.13. The van der Waals surface area contributed by atoms with E-state index >= 15 is 0 Å². The summed E-state index contributed by atoms with van der Waals surface area (Å²) >= 11 is 0. The summed E-state index contributed by atoms with van der Waals surface area (Å²) in [6, 6.07) is 9.11. The predicted molar refractivity (Wildman–Crippen MR) is 101 cm³/mol. The van der Waals surface area contributed by atoms with Gasteiger partial charge in [0.15, 0.2) is 0 Å². The van der Waals surface area contributed by atoms with Gasteiger partial charge in [-0.3, -0.25) is 4.98 Å². The van der Waals surface area contributed by atoms with Crippen molar-refractivity contribution in [3.63, 3.8) is 0 Å². The molecule has 0 bridgehead atoms. The van der Waals surface area contributed by atoms with Gasteiger partial charge in [0.1, 0.15) is 0 Å². The molecule has 1 N–H and O–H groups in total. The van der Waals surface area contributed by atoms with E-state index in [2.05, 4.69) is 55.0 Å². The quantitative estimate of drug-likeness (QED) is 0.916. The molecular weight excluding hydrogens is 298 g/mol. The van der Waals surface area contributed by atoms with E-state index in [1.807, 2.05) is 0 Å². The number of nitrogens with zero attached hydrogens (tertiary/aromatic N) is 3. The molecule has 1 aliphatic rings. The van der Waals surface area contributed by atoms with Crippen LogP contribution in [0.25, 0.3) is 10.9 Å². The molecule has 1 aromatic heterocycles. The number of aromatic nitrogens is 1. The lowest BCUT2D eigenvalue weighted by atomic mass is 9.99. The van der Waals surface area contributed by atoms with Crippen LogP contribution < -0.4 is 4.90 Å². The highest BCUT2D eigenvalue weighted by Gasteiger charge is 2.24. The molecule has 0 radical (unpaired) electrons. The summed E-state index contributed by atoms with van der Waals surface area (Å²) in [4.78, 5) is 9.71. The minimum absolute atomic E-state index is 0.282. The lowest BCUT2D eigenvalue weighted by Crippen LogP contribution is -2.44. The van der Waals surface area contributed by atoms with Gasteiger partial charge in [-0.05, 0) is 51.8 Å². The van der Waals surface area contributed by atoms with Crippen LogP contribution in [0.3, 0.4) is 0 Å². The van der Waals surface area contributed by atoms with E-state index in [0.717, 1.165) is 37.3 Å². The Morgan fingerprint density at radius 2 is 1.92 bits per heavy atom. The Hall–Kier alpha value is -1.65. The van der Waals surface area contributed by atoms with Crippen LogP contribution in [-0.4, -0.2) is 54.3 Å². The summed E-state index contributed by atoms with van der Waals surface area (Å²) in [6.45, 7) is 7.75. The van der Waals surface area contributed by atoms with Gasteiger partial charge in [-0.2, -0.15) is 0 Å². The number of pyridine rings is 1. The number of anilines is 1. The minimum Gasteiger partial charge on any atom is -0.396 e. The molecule has 4 nitrogen and oxygen atoms in total. The van der Waals surface area contributed by atoms with Crippen molar-refractivity contribution in [1.82, 2.24) is 9.88 Å². The summed E-state index contributed by atoms with van der Waals surface area (Å²) in [5, 5.41) is 10.3. The maximum Gasteiger partial charge on any atom is 0.0726 e. The molecule has 0 atom stereocenters. The number of benzene rings is 1. The van der Waals surface area contributed by atoms with Crippen LogP contribution in [0.1, 0.15) is 30.5 Å². The van der Waals surface area contributed by atoms with Crippen molar-refractivity contribution < 1.29 is 5.11 Å². The van der Waals surface area contributed by atoms with Crippen molar-refractivity contribution in [2.24, 2.45) is 0 Å². The average molecular weight is 327 g/mol. The van der Waals surface area contributed by atoms with E-state index in [-0.39, 0.29) is 6.61 Å². The highest BCUT2D eigenvalue weighted by atomic mass is 16.3. The summed E-state index contributed by atoms with van der Waals surface area (Å²) in [7, 11) is 2.19. The maximum absolute atomic E-state index is 9.02. The van der Waals surface area contributed by atoms with E-state index in [1.54, 1.807) is 0 Å². The third kappa shape index (κ3) is 3.40. The highest BCUT2D eigenvalue weighted by Crippen LogP contribution is 2.33. The first-order chi connectivity index (χ1) is 11.6. The zero-order valence-corrected chi connectivity index (χ0v) is 15.1. The van der Waals surface area contributed by atoms with Crippen LogP contribution in [0.15, 0.2) is 24.3 Å². The van der Waals surface area contributed by atoms with Crippen molar-refractivity contribution >= 4 is 16.6 Å². The molecule has 1 aromatic carbocycles. The number of aryl methyl sites for hydroxylation is 1. The van der Waals surface area contributed by atoms with Crippen molar-refractivity contribution in [2.45, 2.75) is 39.2 Å². The summed E-state index contributed by atoms with van der Waals surface area (Å²) in [5.41, 5.74) is 4.90. The molecule has 1 fully saturated rings. The van der Waals surface area contributed by atoms with Gasteiger partial charge in [0.25, 0.3) is 0 Å². The van der Waals surface area contributed by atoms with Crippen molar-refractivity contribution in [2.75, 3.05) is 38.2 Å². The average Bonchev–Trinajstić information content (AvgIpc) is 2.61. The molecule has 3 rings (SSSR count). The van der Waals surface area contributed by atoms with Crippen molar-refractivity contribution in [3.8, 4) is 0 Å². The van der Waals surface area contributed by atoms with Crippen LogP contribution in [0.4, 0.5) is 5.69 Å². The molecule has 0 amide bonds. The second-order valence-corrected chi connectivity index (χ2v) is 6.96. The van der Waals surface area contributed by atoms with Crippen LogP contribution in [0.5, 0.6) is 0 Å². The second-order valence-electron chi connectivity index (χ2n) is 6.96. The van der Waals surface area contributed by atoms with Gasteiger partial charge in [-0.25, -0.2) is 0 Å². The summed E-state index contributed by atoms with van der Waals surface area (Å²) in [5.74, 6) is 0. The zero-order valence-electron chi connectivity index (χ0n) is 15.1. The topological polar surface area (TPSA) is 39.6 Å². The molecule has 0 aliphatic carbocycles. The Balaban J connectivity index is 1.80. The molecule has 4 heteroatoms. The van der Waals surface area contributed by atoms with Crippen LogP contribution >= 0.6 is 0 Å². The number of hydrogen-bond acceptors (Lipinski definition) is 4. The largest absolute Gasteiger partial charge is 0.396 e. The molecule has 2 heterocycles. The normalized spacial score (nSPS) is 16.3. The van der Waals surface area contributed by atoms with E-state index < -0.39 is 0 Å². The highest BCUT2D eigenvalue weighted by molar-refractivity contribution is 5.93. The fourth-order valence-corrected chi connectivity index (χ4v) is 3.85. The van der Waals surface area contributed by atoms with Crippen molar-refractivity contribution in [1.29, 1.82) is 0 Å². The SMILES string of the molecule is Cc1nc2ccccc2c(N2CCC(N(C)CCCO)CC2)c1C.